The summed E-state index contributed by atoms with van der Waals surface area (Å²) in [6.07, 6.45) is 0.470. The molecule has 0 unspecified atom stereocenters. The standard InChI is InChI=1S/C22H29N3O3/c1-27-20-14-19(15-21(16-20)28-2)23-22(26)8-9-24-10-12-25(13-11-24)17-18-6-4-3-5-7-18/h3-7,14-16H,8-13,17H2,1-2H3,(H,23,26). The lowest BCUT2D eigenvalue weighted by Gasteiger charge is -2.34. The lowest BCUT2D eigenvalue weighted by Crippen LogP contribution is -2.46. The Hall–Kier alpha value is -2.57. The van der Waals surface area contributed by atoms with Crippen LogP contribution in [0.4, 0.5) is 5.69 Å². The number of anilines is 1. The number of carbonyl (C=O) groups excluding carboxylic acids is 1. The van der Waals surface area contributed by atoms with Crippen molar-refractivity contribution in [3.8, 4) is 11.5 Å². The Morgan fingerprint density at radius 2 is 1.54 bits per heavy atom. The van der Waals surface area contributed by atoms with Gasteiger partial charge in [0.1, 0.15) is 11.5 Å². The highest BCUT2D eigenvalue weighted by Crippen LogP contribution is 2.25. The summed E-state index contributed by atoms with van der Waals surface area (Å²) >= 11 is 0. The van der Waals surface area contributed by atoms with Gasteiger partial charge in [-0.2, -0.15) is 0 Å². The van der Waals surface area contributed by atoms with E-state index < -0.39 is 0 Å². The average Bonchev–Trinajstić information content (AvgIpc) is 2.73. The topological polar surface area (TPSA) is 54.0 Å². The van der Waals surface area contributed by atoms with Crippen molar-refractivity contribution in [1.82, 2.24) is 9.80 Å². The monoisotopic (exact) mass is 383 g/mol. The molecule has 3 rings (SSSR count). The summed E-state index contributed by atoms with van der Waals surface area (Å²) in [5.41, 5.74) is 2.04. The number of benzene rings is 2. The summed E-state index contributed by atoms with van der Waals surface area (Å²) in [7, 11) is 3.19. The summed E-state index contributed by atoms with van der Waals surface area (Å²) < 4.78 is 10.5. The molecule has 0 saturated carbocycles. The van der Waals surface area contributed by atoms with Gasteiger partial charge in [0.25, 0.3) is 0 Å². The maximum Gasteiger partial charge on any atom is 0.225 e. The number of piperazine rings is 1. The molecule has 2 aromatic rings. The molecule has 6 nitrogen and oxygen atoms in total. The van der Waals surface area contributed by atoms with Crippen LogP contribution in [-0.4, -0.2) is 62.7 Å². The molecule has 0 aromatic heterocycles. The zero-order valence-electron chi connectivity index (χ0n) is 16.7. The molecular weight excluding hydrogens is 354 g/mol. The van der Waals surface area contributed by atoms with Crippen molar-refractivity contribution in [2.75, 3.05) is 52.3 Å². The van der Waals surface area contributed by atoms with E-state index in [0.717, 1.165) is 39.3 Å². The number of ether oxygens (including phenoxy) is 2. The molecule has 0 aliphatic carbocycles. The number of hydrogen-bond acceptors (Lipinski definition) is 5. The first-order chi connectivity index (χ1) is 13.7. The molecule has 2 aromatic carbocycles. The summed E-state index contributed by atoms with van der Waals surface area (Å²) in [5, 5.41) is 2.94. The van der Waals surface area contributed by atoms with Gasteiger partial charge in [0.15, 0.2) is 0 Å². The molecule has 1 aliphatic rings. The minimum Gasteiger partial charge on any atom is -0.497 e. The Bertz CT molecular complexity index is 737. The minimum atomic E-state index is 0.00187. The van der Waals surface area contributed by atoms with E-state index in [2.05, 4.69) is 39.4 Å². The van der Waals surface area contributed by atoms with Gasteiger partial charge in [0.05, 0.1) is 14.2 Å². The molecule has 1 fully saturated rings. The Morgan fingerprint density at radius 1 is 0.929 bits per heavy atom. The molecule has 1 heterocycles. The van der Waals surface area contributed by atoms with E-state index in [1.54, 1.807) is 32.4 Å². The highest BCUT2D eigenvalue weighted by atomic mass is 16.5. The first-order valence-corrected chi connectivity index (χ1v) is 9.68. The number of nitrogens with one attached hydrogen (secondary N) is 1. The zero-order chi connectivity index (χ0) is 19.8. The predicted octanol–water partition coefficient (Wildman–Crippen LogP) is 2.85. The van der Waals surface area contributed by atoms with Crippen LogP contribution in [0.15, 0.2) is 48.5 Å². The van der Waals surface area contributed by atoms with Gasteiger partial charge in [-0.15, -0.1) is 0 Å². The van der Waals surface area contributed by atoms with Gasteiger partial charge in [-0.1, -0.05) is 30.3 Å². The fraction of sp³-hybridized carbons (Fsp3) is 0.409. The molecule has 1 aliphatic heterocycles. The third-order valence-electron chi connectivity index (χ3n) is 5.00. The highest BCUT2D eigenvalue weighted by Gasteiger charge is 2.17. The van der Waals surface area contributed by atoms with Gasteiger partial charge in [0, 0.05) is 69.6 Å². The van der Waals surface area contributed by atoms with Crippen molar-refractivity contribution in [3.63, 3.8) is 0 Å². The Balaban J connectivity index is 1.41. The molecule has 0 radical (unpaired) electrons. The number of nitrogens with zero attached hydrogens (tertiary/aromatic N) is 2. The normalized spacial score (nSPS) is 15.2. The fourth-order valence-corrected chi connectivity index (χ4v) is 3.38. The zero-order valence-corrected chi connectivity index (χ0v) is 16.7. The number of amides is 1. The minimum absolute atomic E-state index is 0.00187. The molecule has 150 valence electrons. The number of hydrogen-bond donors (Lipinski definition) is 1. The van der Waals surface area contributed by atoms with Crippen LogP contribution in [0.3, 0.4) is 0 Å². The van der Waals surface area contributed by atoms with E-state index >= 15 is 0 Å². The van der Waals surface area contributed by atoms with Gasteiger partial charge in [-0.25, -0.2) is 0 Å². The molecule has 0 atom stereocenters. The van der Waals surface area contributed by atoms with E-state index in [4.69, 9.17) is 9.47 Å². The number of rotatable bonds is 8. The highest BCUT2D eigenvalue weighted by molar-refractivity contribution is 5.91. The quantitative estimate of drug-likeness (QED) is 0.760. The van der Waals surface area contributed by atoms with Gasteiger partial charge in [0.2, 0.25) is 5.91 Å². The third-order valence-corrected chi connectivity index (χ3v) is 5.00. The summed E-state index contributed by atoms with van der Waals surface area (Å²) in [5.74, 6) is 1.32. The molecule has 28 heavy (non-hydrogen) atoms. The Kier molecular flexibility index (Phi) is 7.28. The Labute approximate surface area is 167 Å². The molecule has 0 spiro atoms. The molecule has 0 bridgehead atoms. The van der Waals surface area contributed by atoms with Crippen LogP contribution in [0.1, 0.15) is 12.0 Å². The fourth-order valence-electron chi connectivity index (χ4n) is 3.38. The van der Waals surface area contributed by atoms with E-state index in [-0.39, 0.29) is 5.91 Å². The van der Waals surface area contributed by atoms with Crippen molar-refractivity contribution in [1.29, 1.82) is 0 Å². The van der Waals surface area contributed by atoms with Crippen molar-refractivity contribution < 1.29 is 14.3 Å². The second-order valence-electron chi connectivity index (χ2n) is 7.00. The maximum absolute atomic E-state index is 12.3. The SMILES string of the molecule is COc1cc(NC(=O)CCN2CCN(Cc3ccccc3)CC2)cc(OC)c1. The van der Waals surface area contributed by atoms with E-state index in [0.29, 0.717) is 23.6 Å². The lowest BCUT2D eigenvalue weighted by atomic mass is 10.2. The second kappa shape index (κ2) is 10.1. The van der Waals surface area contributed by atoms with Gasteiger partial charge < -0.3 is 19.7 Å². The first-order valence-electron chi connectivity index (χ1n) is 9.68. The first kappa shape index (κ1) is 20.2. The molecule has 6 heteroatoms. The van der Waals surface area contributed by atoms with Gasteiger partial charge in [-0.05, 0) is 5.56 Å². The largest absolute Gasteiger partial charge is 0.497 e. The molecule has 1 N–H and O–H groups in total. The van der Waals surface area contributed by atoms with Crippen molar-refractivity contribution in [2.24, 2.45) is 0 Å². The van der Waals surface area contributed by atoms with Crippen molar-refractivity contribution >= 4 is 11.6 Å². The van der Waals surface area contributed by atoms with E-state index in [1.807, 2.05) is 6.07 Å². The van der Waals surface area contributed by atoms with Crippen LogP contribution in [0.25, 0.3) is 0 Å². The number of carbonyl (C=O) groups is 1. The second-order valence-corrected chi connectivity index (χ2v) is 7.00. The molecule has 1 amide bonds. The van der Waals surface area contributed by atoms with Crippen molar-refractivity contribution in [2.45, 2.75) is 13.0 Å². The van der Waals surface area contributed by atoms with Gasteiger partial charge >= 0.3 is 0 Å². The molecular formula is C22H29N3O3. The smallest absolute Gasteiger partial charge is 0.225 e. The number of methoxy groups -OCH3 is 2. The van der Waals surface area contributed by atoms with E-state index in [1.165, 1.54) is 5.56 Å². The maximum atomic E-state index is 12.3. The van der Waals surface area contributed by atoms with Crippen LogP contribution >= 0.6 is 0 Å². The molecule has 1 saturated heterocycles. The third kappa shape index (κ3) is 5.97. The van der Waals surface area contributed by atoms with Crippen LogP contribution in [-0.2, 0) is 11.3 Å². The summed E-state index contributed by atoms with van der Waals surface area (Å²) in [6, 6.07) is 15.9. The summed E-state index contributed by atoms with van der Waals surface area (Å²) in [4.78, 5) is 17.2. The lowest BCUT2D eigenvalue weighted by molar-refractivity contribution is -0.116. The van der Waals surface area contributed by atoms with Crippen LogP contribution in [0.5, 0.6) is 11.5 Å². The Morgan fingerprint density at radius 3 is 2.14 bits per heavy atom. The van der Waals surface area contributed by atoms with E-state index in [9.17, 15) is 4.79 Å². The summed E-state index contributed by atoms with van der Waals surface area (Å²) in [6.45, 7) is 5.81. The average molecular weight is 383 g/mol. The van der Waals surface area contributed by atoms with Crippen LogP contribution < -0.4 is 14.8 Å². The van der Waals surface area contributed by atoms with Crippen LogP contribution in [0, 0.1) is 0 Å². The predicted molar refractivity (Wildman–Crippen MR) is 111 cm³/mol. The van der Waals surface area contributed by atoms with Crippen LogP contribution in [0.2, 0.25) is 0 Å². The van der Waals surface area contributed by atoms with Gasteiger partial charge in [-0.3, -0.25) is 9.69 Å². The van der Waals surface area contributed by atoms with Crippen molar-refractivity contribution in [3.05, 3.63) is 54.1 Å².